The summed E-state index contributed by atoms with van der Waals surface area (Å²) in [7, 11) is 3.52. The number of hydrogen-bond donors (Lipinski definition) is 2. The van der Waals surface area contributed by atoms with E-state index in [-0.39, 0.29) is 24.0 Å². The Hall–Kier alpha value is -1.97. The van der Waals surface area contributed by atoms with Crippen molar-refractivity contribution < 1.29 is 9.26 Å². The Morgan fingerprint density at radius 3 is 2.82 bits per heavy atom. The molecule has 0 spiro atoms. The van der Waals surface area contributed by atoms with Crippen LogP contribution < -0.4 is 20.3 Å². The number of guanidine groups is 1. The number of ether oxygens (including phenoxy) is 1. The summed E-state index contributed by atoms with van der Waals surface area (Å²) in [6.45, 7) is 6.63. The third-order valence-corrected chi connectivity index (χ3v) is 5.03. The summed E-state index contributed by atoms with van der Waals surface area (Å²) in [6, 6.07) is 8.51. The van der Waals surface area contributed by atoms with Crippen LogP contribution in [0.1, 0.15) is 23.4 Å². The van der Waals surface area contributed by atoms with Gasteiger partial charge in [-0.2, -0.15) is 0 Å². The summed E-state index contributed by atoms with van der Waals surface area (Å²) in [5.41, 5.74) is 3.27. The highest BCUT2D eigenvalue weighted by atomic mass is 127. The lowest BCUT2D eigenvalue weighted by atomic mass is 10.1. The molecule has 154 valence electrons. The number of hydrogen-bond acceptors (Lipinski definition) is 5. The van der Waals surface area contributed by atoms with Crippen molar-refractivity contribution in [3.63, 3.8) is 0 Å². The number of rotatable bonds is 6. The summed E-state index contributed by atoms with van der Waals surface area (Å²) in [4.78, 5) is 6.71. The number of halogens is 1. The smallest absolute Gasteiger partial charge is 0.191 e. The Bertz CT molecular complexity index is 773. The molecule has 0 saturated carbocycles. The number of aryl methyl sites for hydroxylation is 2. The van der Waals surface area contributed by atoms with E-state index in [1.165, 1.54) is 5.56 Å². The lowest BCUT2D eigenvalue weighted by Crippen LogP contribution is -2.45. The zero-order valence-corrected chi connectivity index (χ0v) is 19.3. The van der Waals surface area contributed by atoms with Crippen LogP contribution in [0.4, 0.5) is 5.69 Å². The van der Waals surface area contributed by atoms with Crippen molar-refractivity contribution in [3.8, 4) is 5.75 Å². The van der Waals surface area contributed by atoms with Gasteiger partial charge in [-0.15, -0.1) is 24.0 Å². The SMILES string of the molecule is CN=C(NCCc1c(C)noc1C)NC1CCN(c2ccccc2OC)C1.I. The summed E-state index contributed by atoms with van der Waals surface area (Å²) in [6.07, 6.45) is 1.92. The average molecular weight is 499 g/mol. The molecule has 2 N–H and O–H groups in total. The van der Waals surface area contributed by atoms with Gasteiger partial charge in [0.2, 0.25) is 0 Å². The van der Waals surface area contributed by atoms with Crippen molar-refractivity contribution in [1.82, 2.24) is 15.8 Å². The second-order valence-corrected chi connectivity index (χ2v) is 6.80. The highest BCUT2D eigenvalue weighted by Gasteiger charge is 2.25. The molecule has 0 amide bonds. The van der Waals surface area contributed by atoms with E-state index in [4.69, 9.17) is 9.26 Å². The van der Waals surface area contributed by atoms with E-state index in [9.17, 15) is 0 Å². The molecule has 2 heterocycles. The van der Waals surface area contributed by atoms with Gasteiger partial charge in [0.15, 0.2) is 5.96 Å². The van der Waals surface area contributed by atoms with Crippen LogP contribution in [0.3, 0.4) is 0 Å². The normalized spacial score (nSPS) is 16.6. The van der Waals surface area contributed by atoms with E-state index in [1.807, 2.05) is 32.0 Å². The fraction of sp³-hybridized carbons (Fsp3) is 0.500. The van der Waals surface area contributed by atoms with Gasteiger partial charge in [0.1, 0.15) is 11.5 Å². The van der Waals surface area contributed by atoms with Crippen molar-refractivity contribution in [2.75, 3.05) is 38.7 Å². The maximum absolute atomic E-state index is 5.49. The first kappa shape index (κ1) is 22.3. The Kier molecular flexibility index (Phi) is 8.40. The van der Waals surface area contributed by atoms with Crippen LogP contribution in [0.15, 0.2) is 33.8 Å². The first-order valence-electron chi connectivity index (χ1n) is 9.39. The van der Waals surface area contributed by atoms with Crippen LogP contribution in [-0.2, 0) is 6.42 Å². The van der Waals surface area contributed by atoms with Crippen molar-refractivity contribution in [2.24, 2.45) is 4.99 Å². The molecule has 1 aliphatic heterocycles. The van der Waals surface area contributed by atoms with E-state index in [0.717, 1.165) is 61.3 Å². The molecule has 0 radical (unpaired) electrons. The van der Waals surface area contributed by atoms with Gasteiger partial charge in [0, 0.05) is 38.3 Å². The van der Waals surface area contributed by atoms with Crippen molar-refractivity contribution in [2.45, 2.75) is 32.7 Å². The fourth-order valence-electron chi connectivity index (χ4n) is 3.54. The fourth-order valence-corrected chi connectivity index (χ4v) is 3.54. The Labute approximate surface area is 183 Å². The molecule has 28 heavy (non-hydrogen) atoms. The van der Waals surface area contributed by atoms with Crippen LogP contribution in [0.25, 0.3) is 0 Å². The minimum absolute atomic E-state index is 0. The first-order chi connectivity index (χ1) is 13.1. The van der Waals surface area contributed by atoms with Crippen molar-refractivity contribution in [3.05, 3.63) is 41.3 Å². The van der Waals surface area contributed by atoms with Gasteiger partial charge in [-0.3, -0.25) is 4.99 Å². The molecule has 2 aromatic rings. The predicted molar refractivity (Wildman–Crippen MR) is 123 cm³/mol. The molecule has 1 fully saturated rings. The standard InChI is InChI=1S/C20H29N5O2.HI/c1-14-17(15(2)27-24-14)9-11-22-20(21-3)23-16-10-12-25(13-16)18-7-5-6-8-19(18)26-4;/h5-8,16H,9-13H2,1-4H3,(H2,21,22,23);1H. The maximum atomic E-state index is 5.49. The minimum Gasteiger partial charge on any atom is -0.495 e. The molecule has 7 nitrogen and oxygen atoms in total. The molecule has 8 heteroatoms. The minimum atomic E-state index is 0. The van der Waals surface area contributed by atoms with Gasteiger partial charge in [0.05, 0.1) is 18.5 Å². The van der Waals surface area contributed by atoms with Crippen LogP contribution >= 0.6 is 24.0 Å². The number of aromatic nitrogens is 1. The largest absolute Gasteiger partial charge is 0.495 e. The predicted octanol–water partition coefficient (Wildman–Crippen LogP) is 2.90. The molecule has 0 bridgehead atoms. The van der Waals surface area contributed by atoms with Crippen LogP contribution in [0, 0.1) is 13.8 Å². The van der Waals surface area contributed by atoms with Gasteiger partial charge in [-0.05, 0) is 38.8 Å². The summed E-state index contributed by atoms with van der Waals surface area (Å²) in [5.74, 6) is 2.63. The lowest BCUT2D eigenvalue weighted by molar-refractivity contribution is 0.392. The van der Waals surface area contributed by atoms with E-state index < -0.39 is 0 Å². The highest BCUT2D eigenvalue weighted by Crippen LogP contribution is 2.30. The first-order valence-corrected chi connectivity index (χ1v) is 9.39. The molecule has 0 aliphatic carbocycles. The molecular weight excluding hydrogens is 469 g/mol. The molecule has 1 unspecified atom stereocenters. The highest BCUT2D eigenvalue weighted by molar-refractivity contribution is 14.0. The van der Waals surface area contributed by atoms with Crippen LogP contribution in [-0.4, -0.2) is 50.9 Å². The number of anilines is 1. The number of benzene rings is 1. The third kappa shape index (κ3) is 5.30. The van der Waals surface area contributed by atoms with Gasteiger partial charge < -0.3 is 24.8 Å². The molecular formula is C20H30IN5O2. The van der Waals surface area contributed by atoms with E-state index in [1.54, 1.807) is 14.2 Å². The monoisotopic (exact) mass is 499 g/mol. The van der Waals surface area contributed by atoms with E-state index in [2.05, 4.69) is 31.7 Å². The van der Waals surface area contributed by atoms with Gasteiger partial charge in [0.25, 0.3) is 0 Å². The number of aliphatic imine (C=N–C) groups is 1. The molecule has 1 saturated heterocycles. The van der Waals surface area contributed by atoms with Gasteiger partial charge in [-0.25, -0.2) is 0 Å². The number of nitrogens with one attached hydrogen (secondary N) is 2. The summed E-state index contributed by atoms with van der Waals surface area (Å²) < 4.78 is 10.7. The molecule has 1 aromatic heterocycles. The second kappa shape index (κ2) is 10.5. The number of nitrogens with zero attached hydrogens (tertiary/aromatic N) is 3. The number of para-hydroxylation sites is 2. The molecule has 1 atom stereocenters. The lowest BCUT2D eigenvalue weighted by Gasteiger charge is -2.22. The average Bonchev–Trinajstić information content (AvgIpc) is 3.28. The number of methoxy groups -OCH3 is 1. The van der Waals surface area contributed by atoms with Gasteiger partial charge in [-0.1, -0.05) is 17.3 Å². The van der Waals surface area contributed by atoms with Crippen LogP contribution in [0.2, 0.25) is 0 Å². The summed E-state index contributed by atoms with van der Waals surface area (Å²) in [5, 5.41) is 10.9. The van der Waals surface area contributed by atoms with Gasteiger partial charge >= 0.3 is 0 Å². The maximum Gasteiger partial charge on any atom is 0.191 e. The second-order valence-electron chi connectivity index (χ2n) is 6.80. The Morgan fingerprint density at radius 1 is 1.36 bits per heavy atom. The molecule has 1 aliphatic rings. The van der Waals surface area contributed by atoms with E-state index in [0.29, 0.717) is 6.04 Å². The molecule has 3 rings (SSSR count). The van der Waals surface area contributed by atoms with Crippen molar-refractivity contribution in [1.29, 1.82) is 0 Å². The topological polar surface area (TPSA) is 74.9 Å². The van der Waals surface area contributed by atoms with Crippen LogP contribution in [0.5, 0.6) is 5.75 Å². The zero-order chi connectivity index (χ0) is 19.2. The van der Waals surface area contributed by atoms with Crippen molar-refractivity contribution >= 4 is 35.6 Å². The Balaban J connectivity index is 0.00000280. The molecule has 1 aromatic carbocycles. The Morgan fingerprint density at radius 2 is 2.14 bits per heavy atom. The van der Waals surface area contributed by atoms with E-state index >= 15 is 0 Å². The summed E-state index contributed by atoms with van der Waals surface area (Å²) >= 11 is 0. The third-order valence-electron chi connectivity index (χ3n) is 5.03. The quantitative estimate of drug-likeness (QED) is 0.362. The zero-order valence-electron chi connectivity index (χ0n) is 17.0.